The number of carbonyl (C=O) groups excluding carboxylic acids is 1. The zero-order valence-electron chi connectivity index (χ0n) is 7.35. The van der Waals surface area contributed by atoms with Gasteiger partial charge in [0, 0.05) is 17.8 Å². The van der Waals surface area contributed by atoms with E-state index in [9.17, 15) is 4.79 Å². The van der Waals surface area contributed by atoms with E-state index in [2.05, 4.69) is 14.7 Å². The standard InChI is InChI=1S/C8H7N3OS2/c1-13-11-8(12)5-3-14-6-2-9-4-10-7(5)6/h2-4H,1H3,(H,11,12). The summed E-state index contributed by atoms with van der Waals surface area (Å²) in [5, 5.41) is 1.80. The van der Waals surface area contributed by atoms with E-state index in [1.54, 1.807) is 17.8 Å². The summed E-state index contributed by atoms with van der Waals surface area (Å²) in [6.07, 6.45) is 4.97. The number of nitrogens with zero attached hydrogens (tertiary/aromatic N) is 2. The first-order valence-corrected chi connectivity index (χ1v) is 5.94. The Kier molecular flexibility index (Phi) is 2.64. The maximum atomic E-state index is 11.5. The van der Waals surface area contributed by atoms with Gasteiger partial charge in [-0.25, -0.2) is 9.97 Å². The van der Waals surface area contributed by atoms with Crippen molar-refractivity contribution < 1.29 is 4.79 Å². The quantitative estimate of drug-likeness (QED) is 0.790. The first kappa shape index (κ1) is 9.42. The average Bonchev–Trinajstić information content (AvgIpc) is 2.61. The number of amides is 1. The zero-order chi connectivity index (χ0) is 9.97. The fraction of sp³-hybridized carbons (Fsp3) is 0.125. The molecule has 2 aromatic heterocycles. The number of rotatable bonds is 2. The van der Waals surface area contributed by atoms with Crippen LogP contribution in [0.5, 0.6) is 0 Å². The van der Waals surface area contributed by atoms with Gasteiger partial charge in [-0.05, 0) is 0 Å². The summed E-state index contributed by atoms with van der Waals surface area (Å²) in [5.41, 5.74) is 1.33. The predicted octanol–water partition coefficient (Wildman–Crippen LogP) is 1.70. The number of carbonyl (C=O) groups is 1. The predicted molar refractivity (Wildman–Crippen MR) is 58.4 cm³/mol. The van der Waals surface area contributed by atoms with E-state index in [1.165, 1.54) is 29.6 Å². The number of fused-ring (bicyclic) bond motifs is 1. The van der Waals surface area contributed by atoms with E-state index in [4.69, 9.17) is 0 Å². The molecule has 0 fully saturated rings. The Bertz CT molecular complexity index is 468. The highest BCUT2D eigenvalue weighted by atomic mass is 32.2. The summed E-state index contributed by atoms with van der Waals surface area (Å²) >= 11 is 2.75. The van der Waals surface area contributed by atoms with Crippen molar-refractivity contribution >= 4 is 39.4 Å². The van der Waals surface area contributed by atoms with Gasteiger partial charge in [-0.1, -0.05) is 11.9 Å². The molecule has 1 N–H and O–H groups in total. The molecule has 14 heavy (non-hydrogen) atoms. The number of thiophene rings is 1. The molecule has 0 aliphatic heterocycles. The van der Waals surface area contributed by atoms with Crippen LogP contribution in [0, 0.1) is 0 Å². The average molecular weight is 225 g/mol. The van der Waals surface area contributed by atoms with Gasteiger partial charge < -0.3 is 0 Å². The highest BCUT2D eigenvalue weighted by molar-refractivity contribution is 7.97. The normalized spacial score (nSPS) is 10.4. The third kappa shape index (κ3) is 1.58. The monoisotopic (exact) mass is 225 g/mol. The molecule has 0 aromatic carbocycles. The van der Waals surface area contributed by atoms with Gasteiger partial charge in [0.1, 0.15) is 6.33 Å². The highest BCUT2D eigenvalue weighted by Gasteiger charge is 2.12. The molecule has 0 spiro atoms. The van der Waals surface area contributed by atoms with Crippen molar-refractivity contribution in [2.24, 2.45) is 0 Å². The van der Waals surface area contributed by atoms with Gasteiger partial charge >= 0.3 is 0 Å². The minimum atomic E-state index is -0.109. The Balaban J connectivity index is 2.47. The largest absolute Gasteiger partial charge is 0.296 e. The molecule has 72 valence electrons. The first-order chi connectivity index (χ1) is 6.83. The van der Waals surface area contributed by atoms with Gasteiger partial charge in [0.05, 0.1) is 15.8 Å². The van der Waals surface area contributed by atoms with Crippen LogP contribution in [-0.2, 0) is 0 Å². The SMILES string of the molecule is CSNC(=O)c1csc2cncnc12. The maximum absolute atomic E-state index is 11.5. The van der Waals surface area contributed by atoms with E-state index in [1.807, 2.05) is 0 Å². The second-order valence-corrected chi connectivity index (χ2v) is 4.04. The summed E-state index contributed by atoms with van der Waals surface area (Å²) < 4.78 is 3.59. The molecule has 6 heteroatoms. The summed E-state index contributed by atoms with van der Waals surface area (Å²) in [7, 11) is 0. The van der Waals surface area contributed by atoms with Crippen molar-refractivity contribution in [3.8, 4) is 0 Å². The van der Waals surface area contributed by atoms with Crippen molar-refractivity contribution in [2.45, 2.75) is 0 Å². The molecule has 1 amide bonds. The van der Waals surface area contributed by atoms with Gasteiger partial charge in [-0.15, -0.1) is 11.3 Å². The van der Waals surface area contributed by atoms with Crippen LogP contribution in [0.15, 0.2) is 17.9 Å². The van der Waals surface area contributed by atoms with Crippen LogP contribution in [0.25, 0.3) is 10.2 Å². The van der Waals surface area contributed by atoms with E-state index >= 15 is 0 Å². The summed E-state index contributed by atoms with van der Waals surface area (Å²) in [6.45, 7) is 0. The van der Waals surface area contributed by atoms with Crippen molar-refractivity contribution in [1.82, 2.24) is 14.7 Å². The van der Waals surface area contributed by atoms with Gasteiger partial charge in [0.15, 0.2) is 0 Å². The molecule has 0 unspecified atom stereocenters. The lowest BCUT2D eigenvalue weighted by Gasteiger charge is -1.97. The fourth-order valence-corrected chi connectivity index (χ4v) is 2.25. The molecule has 0 bridgehead atoms. The fourth-order valence-electron chi connectivity index (χ4n) is 1.09. The van der Waals surface area contributed by atoms with E-state index < -0.39 is 0 Å². The molecule has 0 saturated carbocycles. The van der Waals surface area contributed by atoms with Crippen LogP contribution in [0.1, 0.15) is 10.4 Å². The molecule has 0 aliphatic rings. The van der Waals surface area contributed by atoms with E-state index in [0.717, 1.165) is 10.2 Å². The molecular weight excluding hydrogens is 218 g/mol. The summed E-state index contributed by atoms with van der Waals surface area (Å²) in [6, 6.07) is 0. The number of aromatic nitrogens is 2. The van der Waals surface area contributed by atoms with Crippen LogP contribution in [0.2, 0.25) is 0 Å². The van der Waals surface area contributed by atoms with Gasteiger partial charge in [-0.2, -0.15) is 0 Å². The lowest BCUT2D eigenvalue weighted by molar-refractivity contribution is 0.0986. The number of hydrogen-bond acceptors (Lipinski definition) is 5. The van der Waals surface area contributed by atoms with Crippen molar-refractivity contribution in [1.29, 1.82) is 0 Å². The van der Waals surface area contributed by atoms with Gasteiger partial charge in [0.25, 0.3) is 5.91 Å². The van der Waals surface area contributed by atoms with Crippen LogP contribution >= 0.6 is 23.3 Å². The molecule has 0 radical (unpaired) electrons. The molecule has 2 aromatic rings. The lowest BCUT2D eigenvalue weighted by atomic mass is 10.3. The Morgan fingerprint density at radius 1 is 1.64 bits per heavy atom. The Morgan fingerprint density at radius 2 is 2.50 bits per heavy atom. The topological polar surface area (TPSA) is 54.9 Å². The third-order valence-corrected chi connectivity index (χ3v) is 2.97. The van der Waals surface area contributed by atoms with Crippen molar-refractivity contribution in [3.63, 3.8) is 0 Å². The van der Waals surface area contributed by atoms with Gasteiger partial charge in [0.2, 0.25) is 0 Å². The smallest absolute Gasteiger partial charge is 0.264 e. The number of nitrogens with one attached hydrogen (secondary N) is 1. The second kappa shape index (κ2) is 3.93. The molecule has 0 aliphatic carbocycles. The Morgan fingerprint density at radius 3 is 3.29 bits per heavy atom. The van der Waals surface area contributed by atoms with Crippen LogP contribution < -0.4 is 4.72 Å². The highest BCUT2D eigenvalue weighted by Crippen LogP contribution is 2.22. The summed E-state index contributed by atoms with van der Waals surface area (Å²) in [4.78, 5) is 19.5. The zero-order valence-corrected chi connectivity index (χ0v) is 8.98. The Labute approximate surface area is 88.9 Å². The summed E-state index contributed by atoms with van der Waals surface area (Å²) in [5.74, 6) is -0.109. The molecular formula is C8H7N3OS2. The van der Waals surface area contributed by atoms with E-state index in [0.29, 0.717) is 5.56 Å². The molecule has 0 saturated heterocycles. The first-order valence-electron chi connectivity index (χ1n) is 3.83. The van der Waals surface area contributed by atoms with Crippen LogP contribution in [0.4, 0.5) is 0 Å². The van der Waals surface area contributed by atoms with Gasteiger partial charge in [-0.3, -0.25) is 9.52 Å². The molecule has 0 atom stereocenters. The second-order valence-electron chi connectivity index (χ2n) is 2.52. The Hall–Kier alpha value is -1.14. The van der Waals surface area contributed by atoms with Crippen molar-refractivity contribution in [2.75, 3.05) is 6.26 Å². The van der Waals surface area contributed by atoms with Crippen LogP contribution in [-0.4, -0.2) is 22.1 Å². The lowest BCUT2D eigenvalue weighted by Crippen LogP contribution is -2.14. The molecule has 4 nitrogen and oxygen atoms in total. The minimum Gasteiger partial charge on any atom is -0.296 e. The molecule has 2 heterocycles. The maximum Gasteiger partial charge on any atom is 0.264 e. The van der Waals surface area contributed by atoms with E-state index in [-0.39, 0.29) is 5.91 Å². The van der Waals surface area contributed by atoms with Crippen LogP contribution in [0.3, 0.4) is 0 Å². The molecule has 2 rings (SSSR count). The number of hydrogen-bond donors (Lipinski definition) is 1. The third-order valence-electron chi connectivity index (χ3n) is 1.68. The van der Waals surface area contributed by atoms with Crippen molar-refractivity contribution in [3.05, 3.63) is 23.5 Å². The minimum absolute atomic E-state index is 0.109.